The second-order valence-corrected chi connectivity index (χ2v) is 9.07. The quantitative estimate of drug-likeness (QED) is 0.588. The molecule has 0 aliphatic heterocycles. The summed E-state index contributed by atoms with van der Waals surface area (Å²) in [5, 5.41) is 21.5. The van der Waals surface area contributed by atoms with Crippen LogP contribution in [-0.4, -0.2) is 35.0 Å². The Hall–Kier alpha value is -2.01. The van der Waals surface area contributed by atoms with Crippen molar-refractivity contribution in [2.45, 2.75) is 65.1 Å². The van der Waals surface area contributed by atoms with Crippen LogP contribution in [0.3, 0.4) is 0 Å². The van der Waals surface area contributed by atoms with Crippen molar-refractivity contribution in [3.05, 3.63) is 35.4 Å². The van der Waals surface area contributed by atoms with Crippen LogP contribution < -0.4 is 4.74 Å². The molecule has 28 heavy (non-hydrogen) atoms. The minimum atomic E-state index is -0.861. The molecule has 2 N–H and O–H groups in total. The number of allylic oxidation sites excluding steroid dienone is 1. The largest absolute Gasteiger partial charge is 0.504 e. The normalized spacial score (nSPS) is 32.5. The van der Waals surface area contributed by atoms with Crippen LogP contribution in [0.5, 0.6) is 11.5 Å². The molecule has 5 nitrogen and oxygen atoms in total. The Labute approximate surface area is 167 Å². The number of benzene rings is 1. The Kier molecular flexibility index (Phi) is 5.50. The van der Waals surface area contributed by atoms with E-state index in [4.69, 9.17) is 9.47 Å². The minimum Gasteiger partial charge on any atom is -0.504 e. The fraction of sp³-hybridized carbons (Fsp3) is 0.609. The number of carbonyl (C=O) groups excluding carboxylic acids is 1. The van der Waals surface area contributed by atoms with E-state index in [2.05, 4.69) is 19.9 Å². The zero-order chi connectivity index (χ0) is 20.7. The van der Waals surface area contributed by atoms with Crippen molar-refractivity contribution in [1.82, 2.24) is 0 Å². The van der Waals surface area contributed by atoms with Gasteiger partial charge >= 0.3 is 5.97 Å². The molecule has 0 aromatic heterocycles. The van der Waals surface area contributed by atoms with Crippen molar-refractivity contribution >= 4 is 5.97 Å². The summed E-state index contributed by atoms with van der Waals surface area (Å²) >= 11 is 0. The zero-order valence-electron chi connectivity index (χ0n) is 17.5. The van der Waals surface area contributed by atoms with Crippen LogP contribution in [0.25, 0.3) is 0 Å². The van der Waals surface area contributed by atoms with Gasteiger partial charge in [0.05, 0.1) is 18.3 Å². The SMILES string of the molecule is COc1ccc(C(=O)O[C@@H]2CC(C)=CC[C@]3(C)CC[C@@](O)(C(C)C)[C@H]23)cc1O. The van der Waals surface area contributed by atoms with Gasteiger partial charge in [-0.2, -0.15) is 0 Å². The molecule has 0 saturated heterocycles. The number of aliphatic hydroxyl groups is 1. The molecule has 1 aromatic rings. The summed E-state index contributed by atoms with van der Waals surface area (Å²) in [6.45, 7) is 8.33. The van der Waals surface area contributed by atoms with Gasteiger partial charge in [0.1, 0.15) is 6.10 Å². The van der Waals surface area contributed by atoms with Gasteiger partial charge in [-0.1, -0.05) is 32.4 Å². The summed E-state index contributed by atoms with van der Waals surface area (Å²) in [6.07, 6.45) is 4.95. The number of phenols is 1. The van der Waals surface area contributed by atoms with Gasteiger partial charge < -0.3 is 19.7 Å². The van der Waals surface area contributed by atoms with E-state index in [1.807, 2.05) is 13.8 Å². The highest BCUT2D eigenvalue weighted by molar-refractivity contribution is 5.90. The van der Waals surface area contributed by atoms with Crippen molar-refractivity contribution in [3.8, 4) is 11.5 Å². The monoisotopic (exact) mass is 388 g/mol. The molecular weight excluding hydrogens is 356 g/mol. The molecule has 154 valence electrons. The van der Waals surface area contributed by atoms with E-state index in [0.717, 1.165) is 19.3 Å². The summed E-state index contributed by atoms with van der Waals surface area (Å²) in [5.41, 5.74) is 0.485. The fourth-order valence-corrected chi connectivity index (χ4v) is 5.11. The highest BCUT2D eigenvalue weighted by atomic mass is 16.5. The molecular formula is C23H32O5. The Bertz CT molecular complexity index is 783. The Morgan fingerprint density at radius 3 is 2.61 bits per heavy atom. The smallest absolute Gasteiger partial charge is 0.338 e. The van der Waals surface area contributed by atoms with Gasteiger partial charge in [0.15, 0.2) is 11.5 Å². The average Bonchev–Trinajstić information content (AvgIpc) is 2.84. The van der Waals surface area contributed by atoms with Gasteiger partial charge in [0.25, 0.3) is 0 Å². The topological polar surface area (TPSA) is 76.0 Å². The first kappa shape index (κ1) is 20.7. The first-order chi connectivity index (χ1) is 13.1. The first-order valence-electron chi connectivity index (χ1n) is 10.1. The van der Waals surface area contributed by atoms with E-state index < -0.39 is 17.7 Å². The van der Waals surface area contributed by atoms with Crippen molar-refractivity contribution in [1.29, 1.82) is 0 Å². The third-order valence-corrected chi connectivity index (χ3v) is 6.87. The number of ether oxygens (including phenoxy) is 2. The number of rotatable bonds is 4. The van der Waals surface area contributed by atoms with Crippen LogP contribution in [-0.2, 0) is 4.74 Å². The van der Waals surface area contributed by atoms with Crippen molar-refractivity contribution < 1.29 is 24.5 Å². The van der Waals surface area contributed by atoms with E-state index >= 15 is 0 Å². The maximum atomic E-state index is 12.9. The average molecular weight is 389 g/mol. The maximum absolute atomic E-state index is 12.9. The Balaban J connectivity index is 1.92. The van der Waals surface area contributed by atoms with Crippen LogP contribution in [0, 0.1) is 17.3 Å². The van der Waals surface area contributed by atoms with E-state index in [1.54, 1.807) is 12.1 Å². The van der Waals surface area contributed by atoms with E-state index in [1.165, 1.54) is 18.7 Å². The molecule has 0 heterocycles. The number of methoxy groups -OCH3 is 1. The number of hydrogen-bond acceptors (Lipinski definition) is 5. The molecule has 0 amide bonds. The lowest BCUT2D eigenvalue weighted by atomic mass is 9.67. The number of carbonyl (C=O) groups is 1. The van der Waals surface area contributed by atoms with Gasteiger partial charge in [0, 0.05) is 12.3 Å². The third-order valence-electron chi connectivity index (χ3n) is 6.87. The predicted octanol–water partition coefficient (Wildman–Crippen LogP) is 4.47. The molecule has 0 radical (unpaired) electrons. The lowest BCUT2D eigenvalue weighted by molar-refractivity contribution is -0.112. The van der Waals surface area contributed by atoms with Gasteiger partial charge in [-0.05, 0) is 55.7 Å². The molecule has 1 aromatic carbocycles. The minimum absolute atomic E-state index is 0.0731. The van der Waals surface area contributed by atoms with Gasteiger partial charge in [0.2, 0.25) is 0 Å². The van der Waals surface area contributed by atoms with E-state index in [9.17, 15) is 15.0 Å². The predicted molar refractivity (Wildman–Crippen MR) is 107 cm³/mol. The summed E-state index contributed by atoms with van der Waals surface area (Å²) in [7, 11) is 1.46. The van der Waals surface area contributed by atoms with Crippen LogP contribution >= 0.6 is 0 Å². The molecule has 0 spiro atoms. The van der Waals surface area contributed by atoms with Gasteiger partial charge in [-0.15, -0.1) is 0 Å². The van der Waals surface area contributed by atoms with Crippen LogP contribution in [0.15, 0.2) is 29.8 Å². The molecule has 3 rings (SSSR count). The first-order valence-corrected chi connectivity index (χ1v) is 10.1. The van der Waals surface area contributed by atoms with Crippen molar-refractivity contribution in [3.63, 3.8) is 0 Å². The number of phenolic OH excluding ortho intramolecular Hbond substituents is 1. The highest BCUT2D eigenvalue weighted by Crippen LogP contribution is 2.58. The van der Waals surface area contributed by atoms with Crippen molar-refractivity contribution in [2.75, 3.05) is 7.11 Å². The number of aromatic hydroxyl groups is 1. The van der Waals surface area contributed by atoms with Crippen LogP contribution in [0.4, 0.5) is 0 Å². The molecule has 1 fully saturated rings. The Morgan fingerprint density at radius 2 is 2.00 bits per heavy atom. The molecule has 2 aliphatic carbocycles. The second-order valence-electron chi connectivity index (χ2n) is 9.07. The molecule has 5 heteroatoms. The van der Waals surface area contributed by atoms with Crippen molar-refractivity contribution in [2.24, 2.45) is 17.3 Å². The van der Waals surface area contributed by atoms with Crippen LogP contribution in [0.1, 0.15) is 63.7 Å². The zero-order valence-corrected chi connectivity index (χ0v) is 17.5. The molecule has 1 saturated carbocycles. The third kappa shape index (κ3) is 3.52. The summed E-state index contributed by atoms with van der Waals surface area (Å²) in [5.74, 6) is -0.341. The fourth-order valence-electron chi connectivity index (χ4n) is 5.11. The maximum Gasteiger partial charge on any atom is 0.338 e. The lowest BCUT2D eigenvalue weighted by Crippen LogP contribution is -2.50. The Morgan fingerprint density at radius 1 is 1.29 bits per heavy atom. The molecule has 4 atom stereocenters. The summed E-state index contributed by atoms with van der Waals surface area (Å²) in [6, 6.07) is 4.50. The number of esters is 1. The van der Waals surface area contributed by atoms with E-state index in [-0.39, 0.29) is 28.6 Å². The standard InChI is InChI=1S/C23H32O5/c1-14(2)23(26)11-10-22(4)9-8-15(3)12-19(20(22)23)28-21(25)16-6-7-18(27-5)17(24)13-16/h6-8,13-14,19-20,24,26H,9-12H2,1-5H3/t19-,20-,22-,23-/m1/s1. The molecule has 0 bridgehead atoms. The highest BCUT2D eigenvalue weighted by Gasteiger charge is 2.59. The van der Waals surface area contributed by atoms with Crippen LogP contribution in [0.2, 0.25) is 0 Å². The molecule has 0 unspecified atom stereocenters. The summed E-state index contributed by atoms with van der Waals surface area (Å²) < 4.78 is 11.0. The second kappa shape index (κ2) is 7.43. The number of hydrogen-bond donors (Lipinski definition) is 2. The van der Waals surface area contributed by atoms with Gasteiger partial charge in [-0.25, -0.2) is 4.79 Å². The number of fused-ring (bicyclic) bond motifs is 1. The lowest BCUT2D eigenvalue weighted by Gasteiger charge is -2.43. The van der Waals surface area contributed by atoms with E-state index in [0.29, 0.717) is 12.2 Å². The summed E-state index contributed by atoms with van der Waals surface area (Å²) in [4.78, 5) is 12.9. The molecule has 2 aliphatic rings. The van der Waals surface area contributed by atoms with Gasteiger partial charge in [-0.3, -0.25) is 0 Å².